The van der Waals surface area contributed by atoms with Crippen LogP contribution in [0.5, 0.6) is 17.2 Å². The summed E-state index contributed by atoms with van der Waals surface area (Å²) in [5, 5.41) is 10.6. The van der Waals surface area contributed by atoms with Crippen LogP contribution >= 0.6 is 0 Å². The zero-order valence-corrected chi connectivity index (χ0v) is 19.6. The largest absolute Gasteiger partial charge is 0.488 e. The summed E-state index contributed by atoms with van der Waals surface area (Å²) in [6, 6.07) is 23.0. The maximum Gasteiger partial charge on any atom is 0.343 e. The average molecular weight is 484 g/mol. The molecule has 0 amide bonds. The van der Waals surface area contributed by atoms with E-state index in [0.29, 0.717) is 37.7 Å². The minimum absolute atomic E-state index is 0.0444. The van der Waals surface area contributed by atoms with Gasteiger partial charge < -0.3 is 24.1 Å². The van der Waals surface area contributed by atoms with Crippen LogP contribution in [0.3, 0.4) is 0 Å². The number of aliphatic hydroxyl groups excluding tert-OH is 1. The predicted molar refractivity (Wildman–Crippen MR) is 129 cm³/mol. The summed E-state index contributed by atoms with van der Waals surface area (Å²) >= 11 is 0. The predicted octanol–water partition coefficient (Wildman–Crippen LogP) is 3.70. The molecule has 0 spiro atoms. The molecule has 0 saturated carbocycles. The van der Waals surface area contributed by atoms with Gasteiger partial charge in [-0.15, -0.1) is 0 Å². The highest BCUT2D eigenvalue weighted by atomic mass is 19.1. The molecule has 0 bridgehead atoms. The Balaban J connectivity index is 1.57. The number of halogens is 1. The van der Waals surface area contributed by atoms with Crippen LogP contribution in [-0.4, -0.2) is 62.1 Å². The van der Waals surface area contributed by atoms with Crippen molar-refractivity contribution in [1.82, 2.24) is 4.90 Å². The molecule has 1 atom stereocenters. The minimum atomic E-state index is -0.839. The Morgan fingerprint density at radius 1 is 0.886 bits per heavy atom. The third-order valence-corrected chi connectivity index (χ3v) is 5.07. The molecular formula is C27H30FNO6. The highest BCUT2D eigenvalue weighted by Crippen LogP contribution is 2.26. The summed E-state index contributed by atoms with van der Waals surface area (Å²) < 4.78 is 35.3. The van der Waals surface area contributed by atoms with Gasteiger partial charge in [-0.2, -0.15) is 0 Å². The third-order valence-electron chi connectivity index (χ3n) is 5.07. The lowest BCUT2D eigenvalue weighted by atomic mass is 10.2. The number of esters is 1. The Morgan fingerprint density at radius 3 is 2.20 bits per heavy atom. The Morgan fingerprint density at radius 2 is 1.51 bits per heavy atom. The van der Waals surface area contributed by atoms with E-state index in [1.165, 1.54) is 19.2 Å². The molecule has 0 aliphatic rings. The van der Waals surface area contributed by atoms with Crippen molar-refractivity contribution in [3.05, 3.63) is 90.2 Å². The Kier molecular flexibility index (Phi) is 10.3. The van der Waals surface area contributed by atoms with Crippen LogP contribution < -0.4 is 14.2 Å². The summed E-state index contributed by atoms with van der Waals surface area (Å²) in [7, 11) is 1.30. The van der Waals surface area contributed by atoms with Crippen LogP contribution in [-0.2, 0) is 16.1 Å². The van der Waals surface area contributed by atoms with Crippen molar-refractivity contribution in [2.45, 2.75) is 12.6 Å². The molecule has 3 rings (SSSR count). The van der Waals surface area contributed by atoms with E-state index in [0.717, 1.165) is 5.56 Å². The van der Waals surface area contributed by atoms with Gasteiger partial charge in [0.25, 0.3) is 0 Å². The number of hydrogen-bond donors (Lipinski definition) is 1. The van der Waals surface area contributed by atoms with Crippen molar-refractivity contribution in [3.8, 4) is 17.2 Å². The van der Waals surface area contributed by atoms with Gasteiger partial charge in [0.1, 0.15) is 19.3 Å². The normalized spacial score (nSPS) is 11.7. The second kappa shape index (κ2) is 13.9. The molecule has 0 aliphatic carbocycles. The summed E-state index contributed by atoms with van der Waals surface area (Å²) in [6.07, 6.45) is -0.839. The molecule has 0 saturated heterocycles. The molecule has 0 fully saturated rings. The van der Waals surface area contributed by atoms with Gasteiger partial charge >= 0.3 is 5.97 Å². The SMILES string of the molecule is COC(=O)COc1ccccc1OCCN(Cc1ccccc1)CC(O)COc1ccccc1F. The average Bonchev–Trinajstić information content (AvgIpc) is 2.88. The maximum absolute atomic E-state index is 13.8. The molecule has 3 aromatic rings. The number of para-hydroxylation sites is 3. The first-order valence-corrected chi connectivity index (χ1v) is 11.3. The van der Waals surface area contributed by atoms with Crippen LogP contribution in [0.2, 0.25) is 0 Å². The smallest absolute Gasteiger partial charge is 0.343 e. The minimum Gasteiger partial charge on any atom is -0.488 e. The van der Waals surface area contributed by atoms with Gasteiger partial charge in [0.2, 0.25) is 0 Å². The number of carbonyl (C=O) groups excluding carboxylic acids is 1. The molecule has 186 valence electrons. The molecule has 0 aliphatic heterocycles. The molecule has 0 heterocycles. The molecule has 1 N–H and O–H groups in total. The highest BCUT2D eigenvalue weighted by Gasteiger charge is 2.15. The maximum atomic E-state index is 13.8. The molecule has 1 unspecified atom stereocenters. The van der Waals surface area contributed by atoms with Gasteiger partial charge in [-0.25, -0.2) is 9.18 Å². The summed E-state index contributed by atoms with van der Waals surface area (Å²) in [6.45, 7) is 1.43. The number of nitrogens with zero attached hydrogens (tertiary/aromatic N) is 1. The van der Waals surface area contributed by atoms with E-state index in [1.807, 2.05) is 41.3 Å². The van der Waals surface area contributed by atoms with Crippen molar-refractivity contribution < 1.29 is 33.2 Å². The van der Waals surface area contributed by atoms with Crippen molar-refractivity contribution >= 4 is 5.97 Å². The first kappa shape index (κ1) is 26.0. The van der Waals surface area contributed by atoms with Crippen LogP contribution in [0.4, 0.5) is 4.39 Å². The molecule has 0 aromatic heterocycles. The van der Waals surface area contributed by atoms with E-state index < -0.39 is 17.9 Å². The van der Waals surface area contributed by atoms with Crippen molar-refractivity contribution in [2.75, 3.05) is 40.0 Å². The zero-order chi connectivity index (χ0) is 24.9. The van der Waals surface area contributed by atoms with E-state index in [4.69, 9.17) is 14.2 Å². The lowest BCUT2D eigenvalue weighted by Gasteiger charge is -2.25. The number of methoxy groups -OCH3 is 1. The third kappa shape index (κ3) is 8.92. The Labute approximate surface area is 204 Å². The van der Waals surface area contributed by atoms with Crippen molar-refractivity contribution in [3.63, 3.8) is 0 Å². The van der Waals surface area contributed by atoms with Crippen LogP contribution in [0.15, 0.2) is 78.9 Å². The number of benzene rings is 3. The summed E-state index contributed by atoms with van der Waals surface area (Å²) in [5.74, 6) is 0.0844. The lowest BCUT2D eigenvalue weighted by Crippen LogP contribution is -2.37. The highest BCUT2D eigenvalue weighted by molar-refractivity contribution is 5.71. The van der Waals surface area contributed by atoms with E-state index in [9.17, 15) is 14.3 Å². The van der Waals surface area contributed by atoms with Gasteiger partial charge in [0.15, 0.2) is 29.7 Å². The monoisotopic (exact) mass is 483 g/mol. The van der Waals surface area contributed by atoms with Gasteiger partial charge in [0.05, 0.1) is 7.11 Å². The van der Waals surface area contributed by atoms with Gasteiger partial charge in [0, 0.05) is 19.6 Å². The Hall–Kier alpha value is -3.62. The fraction of sp³-hybridized carbons (Fsp3) is 0.296. The first-order valence-electron chi connectivity index (χ1n) is 11.3. The van der Waals surface area contributed by atoms with Crippen LogP contribution in [0.25, 0.3) is 0 Å². The Bertz CT molecular complexity index is 1050. The van der Waals surface area contributed by atoms with E-state index >= 15 is 0 Å². The molecule has 7 nitrogen and oxygen atoms in total. The topological polar surface area (TPSA) is 77.5 Å². The number of aliphatic hydroxyl groups is 1. The van der Waals surface area contributed by atoms with Crippen LogP contribution in [0.1, 0.15) is 5.56 Å². The fourth-order valence-corrected chi connectivity index (χ4v) is 3.34. The number of ether oxygens (including phenoxy) is 4. The van der Waals surface area contributed by atoms with Gasteiger partial charge in [-0.3, -0.25) is 4.90 Å². The van der Waals surface area contributed by atoms with Gasteiger partial charge in [-0.05, 0) is 29.8 Å². The summed E-state index contributed by atoms with van der Waals surface area (Å²) in [5.41, 5.74) is 1.08. The van der Waals surface area contributed by atoms with E-state index in [1.54, 1.807) is 30.3 Å². The molecule has 8 heteroatoms. The lowest BCUT2D eigenvalue weighted by molar-refractivity contribution is -0.142. The molecular weight excluding hydrogens is 453 g/mol. The fourth-order valence-electron chi connectivity index (χ4n) is 3.34. The van der Waals surface area contributed by atoms with Gasteiger partial charge in [-0.1, -0.05) is 54.6 Å². The second-order valence-electron chi connectivity index (χ2n) is 7.78. The molecule has 35 heavy (non-hydrogen) atoms. The van der Waals surface area contributed by atoms with Crippen molar-refractivity contribution in [2.24, 2.45) is 0 Å². The quantitative estimate of drug-likeness (QED) is 0.351. The number of carbonyl (C=O) groups is 1. The van der Waals surface area contributed by atoms with E-state index in [2.05, 4.69) is 4.74 Å². The first-order chi connectivity index (χ1) is 17.0. The standard InChI is InChI=1S/C27H30FNO6/c1-32-27(31)20-35-26-14-8-7-13-25(26)33-16-15-29(17-21-9-3-2-4-10-21)18-22(30)19-34-24-12-6-5-11-23(24)28/h2-14,22,30H,15-20H2,1H3. The number of hydrogen-bond acceptors (Lipinski definition) is 7. The summed E-state index contributed by atoms with van der Waals surface area (Å²) in [4.78, 5) is 13.4. The van der Waals surface area contributed by atoms with Crippen LogP contribution in [0, 0.1) is 5.82 Å². The number of rotatable bonds is 14. The van der Waals surface area contributed by atoms with Crippen molar-refractivity contribution in [1.29, 1.82) is 0 Å². The molecule has 0 radical (unpaired) electrons. The zero-order valence-electron chi connectivity index (χ0n) is 19.6. The molecule has 3 aromatic carbocycles. The van der Waals surface area contributed by atoms with E-state index in [-0.39, 0.29) is 19.0 Å². The second-order valence-corrected chi connectivity index (χ2v) is 7.78.